The van der Waals surface area contributed by atoms with Gasteiger partial charge in [-0.15, -0.1) is 12.4 Å². The molecule has 2 nitrogen and oxygen atoms in total. The lowest BCUT2D eigenvalue weighted by Gasteiger charge is -2.36. The quantitative estimate of drug-likeness (QED) is 0.802. The molecule has 0 aromatic heterocycles. The average Bonchev–Trinajstić information content (AvgIpc) is 2.39. The van der Waals surface area contributed by atoms with Crippen LogP contribution in [0.15, 0.2) is 18.2 Å². The second kappa shape index (κ2) is 7.23. The van der Waals surface area contributed by atoms with Gasteiger partial charge in [-0.1, -0.05) is 0 Å². The lowest BCUT2D eigenvalue weighted by Crippen LogP contribution is -2.49. The van der Waals surface area contributed by atoms with Crippen molar-refractivity contribution in [1.29, 1.82) is 0 Å². The minimum Gasteiger partial charge on any atom is -0.314 e. The zero-order valence-electron chi connectivity index (χ0n) is 11.6. The summed E-state index contributed by atoms with van der Waals surface area (Å²) in [5.74, 6) is -1.30. The van der Waals surface area contributed by atoms with E-state index in [0.29, 0.717) is 12.1 Å². The van der Waals surface area contributed by atoms with Crippen molar-refractivity contribution in [3.8, 4) is 0 Å². The van der Waals surface area contributed by atoms with Gasteiger partial charge in [0.05, 0.1) is 5.56 Å². The van der Waals surface area contributed by atoms with Crippen LogP contribution in [0.4, 0.5) is 30.7 Å². The van der Waals surface area contributed by atoms with Gasteiger partial charge in [0.2, 0.25) is 0 Å². The van der Waals surface area contributed by atoms with Crippen molar-refractivity contribution >= 4 is 12.4 Å². The number of nitrogens with zero attached hydrogens (tertiary/aromatic N) is 1. The summed E-state index contributed by atoms with van der Waals surface area (Å²) in [6.07, 6.45) is -9.70. The third-order valence-corrected chi connectivity index (χ3v) is 3.44. The van der Waals surface area contributed by atoms with Crippen molar-refractivity contribution in [2.45, 2.75) is 18.4 Å². The number of rotatable bonds is 2. The molecule has 1 saturated heterocycles. The summed E-state index contributed by atoms with van der Waals surface area (Å²) in [5, 5.41) is 2.84. The molecule has 2 rings (SSSR count). The zero-order chi connectivity index (χ0) is 16.5. The van der Waals surface area contributed by atoms with Gasteiger partial charge in [0, 0.05) is 31.7 Å². The minimum atomic E-state index is -4.87. The van der Waals surface area contributed by atoms with Crippen LogP contribution in [-0.4, -0.2) is 37.3 Å². The van der Waals surface area contributed by atoms with Crippen molar-refractivity contribution in [3.63, 3.8) is 0 Å². The lowest BCUT2D eigenvalue weighted by molar-refractivity contribution is -0.189. The number of piperazine rings is 1. The van der Waals surface area contributed by atoms with Crippen LogP contribution in [-0.2, 0) is 6.18 Å². The first-order chi connectivity index (χ1) is 10.1. The van der Waals surface area contributed by atoms with Crippen molar-refractivity contribution in [2.24, 2.45) is 0 Å². The van der Waals surface area contributed by atoms with Crippen LogP contribution in [0, 0.1) is 5.82 Å². The Morgan fingerprint density at radius 2 is 1.57 bits per heavy atom. The molecule has 0 saturated carbocycles. The second-order valence-electron chi connectivity index (χ2n) is 4.96. The first kappa shape index (κ1) is 20.0. The maximum Gasteiger partial charge on any atom is 0.416 e. The topological polar surface area (TPSA) is 15.3 Å². The Kier molecular flexibility index (Phi) is 6.28. The molecule has 1 aromatic rings. The number of nitrogens with one attached hydrogen (secondary N) is 1. The van der Waals surface area contributed by atoms with E-state index >= 15 is 0 Å². The van der Waals surface area contributed by atoms with Crippen LogP contribution in [0.3, 0.4) is 0 Å². The number of hydrogen-bond donors (Lipinski definition) is 1. The summed E-state index contributed by atoms with van der Waals surface area (Å²) >= 11 is 0. The molecule has 1 aromatic carbocycles. The van der Waals surface area contributed by atoms with Crippen LogP contribution in [0.5, 0.6) is 0 Å². The predicted octanol–water partition coefficient (Wildman–Crippen LogP) is 3.77. The van der Waals surface area contributed by atoms with E-state index in [0.717, 1.165) is 4.90 Å². The van der Waals surface area contributed by atoms with Gasteiger partial charge in [-0.3, -0.25) is 4.90 Å². The highest BCUT2D eigenvalue weighted by Crippen LogP contribution is 2.41. The highest BCUT2D eigenvalue weighted by molar-refractivity contribution is 5.85. The summed E-state index contributed by atoms with van der Waals surface area (Å²) in [6.45, 7) is 0.458. The predicted molar refractivity (Wildman–Crippen MR) is 71.9 cm³/mol. The fourth-order valence-corrected chi connectivity index (χ4v) is 2.45. The molecule has 1 fully saturated rings. The molecule has 1 aliphatic heterocycles. The third-order valence-electron chi connectivity index (χ3n) is 3.44. The van der Waals surface area contributed by atoms with Crippen LogP contribution >= 0.6 is 12.4 Å². The highest BCUT2D eigenvalue weighted by atomic mass is 35.5. The van der Waals surface area contributed by atoms with E-state index in [1.54, 1.807) is 0 Å². The van der Waals surface area contributed by atoms with Gasteiger partial charge in [0.15, 0.2) is 0 Å². The number of halogens is 8. The van der Waals surface area contributed by atoms with Crippen molar-refractivity contribution in [3.05, 3.63) is 35.1 Å². The van der Waals surface area contributed by atoms with E-state index in [2.05, 4.69) is 5.32 Å². The monoisotopic (exact) mass is 366 g/mol. The highest BCUT2D eigenvalue weighted by Gasteiger charge is 2.47. The fraction of sp³-hybridized carbons (Fsp3) is 0.538. The molecule has 0 spiro atoms. The van der Waals surface area contributed by atoms with Crippen LogP contribution in [0.1, 0.15) is 17.2 Å². The Labute approximate surface area is 134 Å². The molecule has 23 heavy (non-hydrogen) atoms. The fourth-order valence-electron chi connectivity index (χ4n) is 2.45. The van der Waals surface area contributed by atoms with Gasteiger partial charge >= 0.3 is 12.4 Å². The summed E-state index contributed by atoms with van der Waals surface area (Å²) in [4.78, 5) is 0.940. The Bertz CT molecular complexity index is 524. The SMILES string of the molecule is Cl.Fc1ccc(C(F)(F)F)cc1[C@@H](N1CCNCC1)C(F)(F)F. The van der Waals surface area contributed by atoms with Gasteiger partial charge in [-0.2, -0.15) is 26.3 Å². The van der Waals surface area contributed by atoms with E-state index in [9.17, 15) is 30.7 Å². The van der Waals surface area contributed by atoms with E-state index in [1.807, 2.05) is 0 Å². The molecule has 132 valence electrons. The summed E-state index contributed by atoms with van der Waals surface area (Å²) < 4.78 is 91.7. The Morgan fingerprint density at radius 1 is 1.00 bits per heavy atom. The smallest absolute Gasteiger partial charge is 0.314 e. The average molecular weight is 367 g/mol. The Hall–Kier alpha value is -1.06. The molecule has 1 atom stereocenters. The molecular formula is C13H14ClF7N2. The van der Waals surface area contributed by atoms with Gasteiger partial charge in [-0.05, 0) is 18.2 Å². The van der Waals surface area contributed by atoms with Crippen LogP contribution in [0.2, 0.25) is 0 Å². The molecule has 10 heteroatoms. The number of benzene rings is 1. The second-order valence-corrected chi connectivity index (χ2v) is 4.96. The first-order valence-corrected chi connectivity index (χ1v) is 6.49. The molecule has 0 unspecified atom stereocenters. The molecule has 0 bridgehead atoms. The van der Waals surface area contributed by atoms with Crippen LogP contribution < -0.4 is 5.32 Å². The molecule has 1 N–H and O–H groups in total. The summed E-state index contributed by atoms with van der Waals surface area (Å²) in [5.41, 5.74) is -2.29. The van der Waals surface area contributed by atoms with Crippen LogP contribution in [0.25, 0.3) is 0 Å². The Balaban J connectivity index is 0.00000264. The molecule has 1 aliphatic rings. The molecule has 1 heterocycles. The molecule has 0 radical (unpaired) electrons. The van der Waals surface area contributed by atoms with Gasteiger partial charge in [0.1, 0.15) is 11.9 Å². The molecular weight excluding hydrogens is 353 g/mol. The maximum absolute atomic E-state index is 13.8. The minimum absolute atomic E-state index is 0. The summed E-state index contributed by atoms with van der Waals surface area (Å²) in [6, 6.07) is -1.28. The summed E-state index contributed by atoms with van der Waals surface area (Å²) in [7, 11) is 0. The van der Waals surface area contributed by atoms with E-state index in [-0.39, 0.29) is 44.7 Å². The molecule has 0 aliphatic carbocycles. The third kappa shape index (κ3) is 4.71. The van der Waals surface area contributed by atoms with Crippen molar-refractivity contribution in [2.75, 3.05) is 26.2 Å². The van der Waals surface area contributed by atoms with E-state index < -0.39 is 35.3 Å². The first-order valence-electron chi connectivity index (χ1n) is 6.49. The lowest BCUT2D eigenvalue weighted by atomic mass is 10.00. The van der Waals surface area contributed by atoms with Crippen molar-refractivity contribution in [1.82, 2.24) is 10.2 Å². The zero-order valence-corrected chi connectivity index (χ0v) is 12.5. The maximum atomic E-state index is 13.8. The standard InChI is InChI=1S/C13H13F7N2.ClH/c14-10-2-1-8(12(15,16)17)7-9(10)11(13(18,19)20)22-5-3-21-4-6-22;/h1-2,7,11,21H,3-6H2;1H/t11-;/m1./s1. The normalized spacial score (nSPS) is 18.4. The van der Waals surface area contributed by atoms with Crippen molar-refractivity contribution < 1.29 is 30.7 Å². The van der Waals surface area contributed by atoms with Gasteiger partial charge < -0.3 is 5.32 Å². The van der Waals surface area contributed by atoms with E-state index in [1.165, 1.54) is 0 Å². The Morgan fingerprint density at radius 3 is 2.04 bits per heavy atom. The number of alkyl halides is 6. The van der Waals surface area contributed by atoms with E-state index in [4.69, 9.17) is 0 Å². The molecule has 0 amide bonds. The largest absolute Gasteiger partial charge is 0.416 e. The van der Waals surface area contributed by atoms with Gasteiger partial charge in [-0.25, -0.2) is 4.39 Å². The number of hydrogen-bond acceptors (Lipinski definition) is 2. The van der Waals surface area contributed by atoms with Gasteiger partial charge in [0.25, 0.3) is 0 Å².